The topological polar surface area (TPSA) is 45.9 Å². The first-order valence-electron chi connectivity index (χ1n) is 6.70. The quantitative estimate of drug-likeness (QED) is 0.807. The minimum Gasteiger partial charge on any atom is -0.467 e. The van der Waals surface area contributed by atoms with Gasteiger partial charge >= 0.3 is 0 Å². The Kier molecular flexibility index (Phi) is 4.99. The Labute approximate surface area is 114 Å². The lowest BCUT2D eigenvalue weighted by Gasteiger charge is -2.31. The van der Waals surface area contributed by atoms with E-state index in [4.69, 9.17) is 9.15 Å². The Morgan fingerprint density at radius 3 is 2.84 bits per heavy atom. The van der Waals surface area contributed by atoms with Crippen molar-refractivity contribution < 1.29 is 13.9 Å². The number of amides is 1. The van der Waals surface area contributed by atoms with Gasteiger partial charge in [0.25, 0.3) is 0 Å². The summed E-state index contributed by atoms with van der Waals surface area (Å²) in [5.74, 6) is 0.946. The first-order chi connectivity index (χ1) is 9.19. The van der Waals surface area contributed by atoms with E-state index in [2.05, 4.69) is 4.90 Å². The van der Waals surface area contributed by atoms with Crippen molar-refractivity contribution >= 4 is 5.91 Å². The number of nitrogens with zero attached hydrogens (tertiary/aromatic N) is 2. The van der Waals surface area contributed by atoms with Gasteiger partial charge in [0.2, 0.25) is 5.91 Å². The van der Waals surface area contributed by atoms with Crippen LogP contribution in [0, 0.1) is 0 Å². The van der Waals surface area contributed by atoms with Crippen LogP contribution in [0.25, 0.3) is 0 Å². The highest BCUT2D eigenvalue weighted by atomic mass is 16.5. The van der Waals surface area contributed by atoms with Crippen LogP contribution in [0.4, 0.5) is 0 Å². The van der Waals surface area contributed by atoms with Gasteiger partial charge in [-0.25, -0.2) is 0 Å². The van der Waals surface area contributed by atoms with Crippen molar-refractivity contribution in [3.05, 3.63) is 24.2 Å². The molecule has 0 radical (unpaired) electrons. The van der Waals surface area contributed by atoms with Gasteiger partial charge in [-0.1, -0.05) is 0 Å². The van der Waals surface area contributed by atoms with Crippen LogP contribution >= 0.6 is 0 Å². The number of likely N-dealkylation sites (N-methyl/N-ethyl adjacent to an activating group) is 1. The van der Waals surface area contributed by atoms with Gasteiger partial charge in [-0.05, 0) is 25.0 Å². The minimum atomic E-state index is 0.132. The average Bonchev–Trinajstić information content (AvgIpc) is 2.92. The number of hydrogen-bond acceptors (Lipinski definition) is 4. The number of likely N-dealkylation sites (tertiary alicyclic amines) is 1. The molecule has 0 aliphatic carbocycles. The van der Waals surface area contributed by atoms with Crippen LogP contribution in [0.5, 0.6) is 0 Å². The fourth-order valence-electron chi connectivity index (χ4n) is 2.34. The predicted molar refractivity (Wildman–Crippen MR) is 71.7 cm³/mol. The Morgan fingerprint density at radius 1 is 1.53 bits per heavy atom. The summed E-state index contributed by atoms with van der Waals surface area (Å²) in [5, 5.41) is 0. The van der Waals surface area contributed by atoms with Crippen molar-refractivity contribution in [2.24, 2.45) is 0 Å². The molecule has 1 fully saturated rings. The number of methoxy groups -OCH3 is 1. The number of carbonyl (C=O) groups excluding carboxylic acids is 1. The summed E-state index contributed by atoms with van der Waals surface area (Å²) >= 11 is 0. The van der Waals surface area contributed by atoms with Gasteiger partial charge in [0.1, 0.15) is 5.76 Å². The molecule has 19 heavy (non-hydrogen) atoms. The lowest BCUT2D eigenvalue weighted by atomic mass is 10.1. The molecule has 0 atom stereocenters. The molecule has 5 heteroatoms. The molecule has 0 unspecified atom stereocenters. The Balaban J connectivity index is 1.74. The summed E-state index contributed by atoms with van der Waals surface area (Å²) in [6.07, 6.45) is 3.99. The number of carbonyl (C=O) groups is 1. The van der Waals surface area contributed by atoms with E-state index >= 15 is 0 Å². The lowest BCUT2D eigenvalue weighted by molar-refractivity contribution is -0.132. The first kappa shape index (κ1) is 14.1. The zero-order valence-electron chi connectivity index (χ0n) is 11.7. The molecule has 1 aromatic heterocycles. The second-order valence-electron chi connectivity index (χ2n) is 5.04. The minimum absolute atomic E-state index is 0.132. The van der Waals surface area contributed by atoms with E-state index in [1.54, 1.807) is 18.3 Å². The SMILES string of the molecule is COC1CCN(CC(=O)N(C)Cc2ccco2)CC1. The Morgan fingerprint density at radius 2 is 2.26 bits per heavy atom. The fraction of sp³-hybridized carbons (Fsp3) is 0.643. The summed E-state index contributed by atoms with van der Waals surface area (Å²) in [6, 6.07) is 3.72. The molecule has 0 spiro atoms. The highest BCUT2D eigenvalue weighted by Crippen LogP contribution is 2.13. The van der Waals surface area contributed by atoms with Gasteiger partial charge in [0.15, 0.2) is 0 Å². The van der Waals surface area contributed by atoms with Gasteiger partial charge in [0, 0.05) is 27.2 Å². The lowest BCUT2D eigenvalue weighted by Crippen LogP contribution is -2.43. The van der Waals surface area contributed by atoms with E-state index < -0.39 is 0 Å². The maximum atomic E-state index is 12.1. The highest BCUT2D eigenvalue weighted by molar-refractivity contribution is 5.77. The molecule has 1 aromatic rings. The van der Waals surface area contributed by atoms with E-state index in [0.717, 1.165) is 31.7 Å². The Hall–Kier alpha value is -1.33. The molecule has 0 N–H and O–H groups in total. The van der Waals surface area contributed by atoms with Crippen LogP contribution in [0.1, 0.15) is 18.6 Å². The maximum Gasteiger partial charge on any atom is 0.236 e. The number of ether oxygens (including phenoxy) is 1. The summed E-state index contributed by atoms with van der Waals surface area (Å²) in [6.45, 7) is 2.87. The summed E-state index contributed by atoms with van der Waals surface area (Å²) in [4.78, 5) is 16.0. The number of rotatable bonds is 5. The van der Waals surface area contributed by atoms with Crippen LogP contribution in [0.15, 0.2) is 22.8 Å². The molecule has 5 nitrogen and oxygen atoms in total. The van der Waals surface area contributed by atoms with Crippen molar-refractivity contribution in [2.75, 3.05) is 33.8 Å². The molecular weight excluding hydrogens is 244 g/mol. The third-order valence-electron chi connectivity index (χ3n) is 3.63. The molecule has 1 saturated heterocycles. The molecule has 2 heterocycles. The van der Waals surface area contributed by atoms with Crippen molar-refractivity contribution in [3.8, 4) is 0 Å². The van der Waals surface area contributed by atoms with Crippen molar-refractivity contribution in [1.82, 2.24) is 9.80 Å². The van der Waals surface area contributed by atoms with Gasteiger partial charge in [-0.15, -0.1) is 0 Å². The van der Waals surface area contributed by atoms with Crippen molar-refractivity contribution in [3.63, 3.8) is 0 Å². The summed E-state index contributed by atoms with van der Waals surface area (Å²) < 4.78 is 10.6. The molecule has 1 amide bonds. The summed E-state index contributed by atoms with van der Waals surface area (Å²) in [5.41, 5.74) is 0. The normalized spacial score (nSPS) is 17.6. The standard InChI is InChI=1S/C14H22N2O3/c1-15(10-13-4-3-9-19-13)14(17)11-16-7-5-12(18-2)6-8-16/h3-4,9,12H,5-8,10-11H2,1-2H3. The van der Waals surface area contributed by atoms with Crippen LogP contribution in [-0.2, 0) is 16.1 Å². The molecule has 0 bridgehead atoms. The Bertz CT molecular complexity index is 383. The van der Waals surface area contributed by atoms with E-state index in [0.29, 0.717) is 19.2 Å². The van der Waals surface area contributed by atoms with E-state index in [-0.39, 0.29) is 5.91 Å². The van der Waals surface area contributed by atoms with Crippen LogP contribution in [0.3, 0.4) is 0 Å². The zero-order chi connectivity index (χ0) is 13.7. The monoisotopic (exact) mass is 266 g/mol. The number of hydrogen-bond donors (Lipinski definition) is 0. The third-order valence-corrected chi connectivity index (χ3v) is 3.63. The molecule has 0 aromatic carbocycles. The smallest absolute Gasteiger partial charge is 0.236 e. The van der Waals surface area contributed by atoms with Gasteiger partial charge < -0.3 is 14.1 Å². The van der Waals surface area contributed by atoms with Crippen molar-refractivity contribution in [1.29, 1.82) is 0 Å². The first-order valence-corrected chi connectivity index (χ1v) is 6.70. The largest absolute Gasteiger partial charge is 0.467 e. The molecule has 106 valence electrons. The van der Waals surface area contributed by atoms with Gasteiger partial charge in [-0.3, -0.25) is 9.69 Å². The van der Waals surface area contributed by atoms with Crippen LogP contribution in [0.2, 0.25) is 0 Å². The highest BCUT2D eigenvalue weighted by Gasteiger charge is 2.21. The van der Waals surface area contributed by atoms with Crippen molar-refractivity contribution in [2.45, 2.75) is 25.5 Å². The molecule has 1 aliphatic heterocycles. The predicted octanol–water partition coefficient (Wildman–Crippen LogP) is 1.35. The second kappa shape index (κ2) is 6.73. The number of piperidine rings is 1. The fourth-order valence-corrected chi connectivity index (χ4v) is 2.34. The van der Waals surface area contributed by atoms with E-state index in [1.165, 1.54) is 0 Å². The van der Waals surface area contributed by atoms with E-state index in [1.807, 2.05) is 19.2 Å². The van der Waals surface area contributed by atoms with Gasteiger partial charge in [0.05, 0.1) is 25.5 Å². The van der Waals surface area contributed by atoms with Gasteiger partial charge in [-0.2, -0.15) is 0 Å². The average molecular weight is 266 g/mol. The zero-order valence-corrected chi connectivity index (χ0v) is 11.7. The summed E-state index contributed by atoms with van der Waals surface area (Å²) in [7, 11) is 3.56. The van der Waals surface area contributed by atoms with Crippen LogP contribution in [-0.4, -0.2) is 55.6 Å². The molecule has 2 rings (SSSR count). The van der Waals surface area contributed by atoms with E-state index in [9.17, 15) is 4.79 Å². The molecule has 1 aliphatic rings. The molecule has 0 saturated carbocycles. The molecular formula is C14H22N2O3. The maximum absolute atomic E-state index is 12.1. The third kappa shape index (κ3) is 4.08. The second-order valence-corrected chi connectivity index (χ2v) is 5.04. The number of furan rings is 1. The van der Waals surface area contributed by atoms with Crippen LogP contribution < -0.4 is 0 Å².